The van der Waals surface area contributed by atoms with Gasteiger partial charge in [0.15, 0.2) is 11.6 Å². The van der Waals surface area contributed by atoms with E-state index in [1.807, 2.05) is 0 Å². The Balaban J connectivity index is 1.79. The van der Waals surface area contributed by atoms with Crippen molar-refractivity contribution in [1.82, 2.24) is 0 Å². The average molecular weight is 396 g/mol. The quantitative estimate of drug-likeness (QED) is 0.518. The van der Waals surface area contributed by atoms with E-state index < -0.39 is 5.91 Å². The van der Waals surface area contributed by atoms with Crippen LogP contribution in [0.4, 0.5) is 5.69 Å². The number of hydrogen-bond donors (Lipinski definition) is 1. The zero-order chi connectivity index (χ0) is 19.1. The molecular formula is C21H11Cl2NO3. The zero-order valence-corrected chi connectivity index (χ0v) is 15.3. The first kappa shape index (κ1) is 17.5. The number of rotatable bonds is 2. The van der Waals surface area contributed by atoms with E-state index in [1.165, 1.54) is 12.1 Å². The fourth-order valence-electron chi connectivity index (χ4n) is 3.11. The monoisotopic (exact) mass is 395 g/mol. The molecule has 0 heterocycles. The summed E-state index contributed by atoms with van der Waals surface area (Å²) in [6.07, 6.45) is 0. The number of carbonyl (C=O) groups is 3. The van der Waals surface area contributed by atoms with Crippen LogP contribution in [0.1, 0.15) is 42.2 Å². The van der Waals surface area contributed by atoms with Crippen molar-refractivity contribution in [2.24, 2.45) is 0 Å². The minimum atomic E-state index is -0.519. The summed E-state index contributed by atoms with van der Waals surface area (Å²) in [5.41, 5.74) is 1.54. The van der Waals surface area contributed by atoms with Crippen molar-refractivity contribution in [1.29, 1.82) is 0 Å². The number of halogens is 2. The Labute approximate surface area is 164 Å². The Bertz CT molecular complexity index is 1140. The molecule has 1 aliphatic rings. The zero-order valence-electron chi connectivity index (χ0n) is 13.8. The summed E-state index contributed by atoms with van der Waals surface area (Å²) in [5.74, 6) is -1.08. The topological polar surface area (TPSA) is 63.2 Å². The predicted molar refractivity (Wildman–Crippen MR) is 104 cm³/mol. The second-order valence-corrected chi connectivity index (χ2v) is 6.85. The molecule has 132 valence electrons. The van der Waals surface area contributed by atoms with Gasteiger partial charge in [0, 0.05) is 21.7 Å². The first-order chi connectivity index (χ1) is 13.0. The van der Waals surface area contributed by atoms with E-state index in [-0.39, 0.29) is 39.0 Å². The number of carbonyl (C=O) groups excluding carboxylic acids is 3. The van der Waals surface area contributed by atoms with E-state index in [9.17, 15) is 14.4 Å². The number of nitrogens with one attached hydrogen (secondary N) is 1. The van der Waals surface area contributed by atoms with Gasteiger partial charge in [0.1, 0.15) is 0 Å². The van der Waals surface area contributed by atoms with Gasteiger partial charge in [0.25, 0.3) is 5.91 Å². The maximum absolute atomic E-state index is 13.0. The van der Waals surface area contributed by atoms with E-state index in [2.05, 4.69) is 5.32 Å². The molecular weight excluding hydrogens is 385 g/mol. The van der Waals surface area contributed by atoms with E-state index >= 15 is 0 Å². The maximum atomic E-state index is 13.0. The van der Waals surface area contributed by atoms with E-state index in [0.717, 1.165) is 0 Å². The molecule has 6 heteroatoms. The van der Waals surface area contributed by atoms with E-state index in [0.29, 0.717) is 16.1 Å². The van der Waals surface area contributed by atoms with Gasteiger partial charge >= 0.3 is 0 Å². The third kappa shape index (κ3) is 2.93. The lowest BCUT2D eigenvalue weighted by Crippen LogP contribution is -2.24. The largest absolute Gasteiger partial charge is 0.321 e. The number of fused-ring (bicyclic) bond motifs is 2. The summed E-state index contributed by atoms with van der Waals surface area (Å²) < 4.78 is 0. The molecule has 1 amide bonds. The van der Waals surface area contributed by atoms with Crippen LogP contribution in [0.5, 0.6) is 0 Å². The van der Waals surface area contributed by atoms with Crippen molar-refractivity contribution in [2.45, 2.75) is 0 Å². The lowest BCUT2D eigenvalue weighted by Gasteiger charge is -2.20. The molecule has 0 unspecified atom stereocenters. The van der Waals surface area contributed by atoms with Crippen LogP contribution < -0.4 is 5.32 Å². The number of anilines is 1. The van der Waals surface area contributed by atoms with Gasteiger partial charge in [-0.25, -0.2) is 0 Å². The molecule has 0 saturated heterocycles. The summed E-state index contributed by atoms with van der Waals surface area (Å²) in [6.45, 7) is 0. The molecule has 3 aromatic rings. The Morgan fingerprint density at radius 3 is 2.19 bits per heavy atom. The molecule has 0 fully saturated rings. The Morgan fingerprint density at radius 2 is 1.44 bits per heavy atom. The molecule has 0 atom stereocenters. The molecule has 1 N–H and O–H groups in total. The maximum Gasteiger partial charge on any atom is 0.257 e. The Kier molecular flexibility index (Phi) is 4.30. The second-order valence-electron chi connectivity index (χ2n) is 6.01. The summed E-state index contributed by atoms with van der Waals surface area (Å²) in [7, 11) is 0. The SMILES string of the molecule is O=C(Nc1cccc2c1C(=O)c1ccccc1C2=O)c1cc(Cl)ccc1Cl. The summed E-state index contributed by atoms with van der Waals surface area (Å²) in [6, 6.07) is 15.9. The first-order valence-electron chi connectivity index (χ1n) is 8.05. The van der Waals surface area contributed by atoms with Crippen LogP contribution in [-0.4, -0.2) is 17.5 Å². The normalized spacial score (nSPS) is 12.4. The van der Waals surface area contributed by atoms with Crippen LogP contribution in [0.15, 0.2) is 60.7 Å². The summed E-state index contributed by atoms with van der Waals surface area (Å²) in [4.78, 5) is 38.4. The first-order valence-corrected chi connectivity index (χ1v) is 8.81. The highest BCUT2D eigenvalue weighted by molar-refractivity contribution is 6.36. The van der Waals surface area contributed by atoms with Crippen molar-refractivity contribution in [3.8, 4) is 0 Å². The molecule has 4 nitrogen and oxygen atoms in total. The highest BCUT2D eigenvalue weighted by atomic mass is 35.5. The van der Waals surface area contributed by atoms with Crippen molar-refractivity contribution in [2.75, 3.05) is 5.32 Å². The van der Waals surface area contributed by atoms with E-state index in [4.69, 9.17) is 23.2 Å². The van der Waals surface area contributed by atoms with Gasteiger partial charge in [0.2, 0.25) is 0 Å². The highest BCUT2D eigenvalue weighted by Gasteiger charge is 2.31. The third-order valence-corrected chi connectivity index (χ3v) is 4.94. The molecule has 0 bridgehead atoms. The Hall–Kier alpha value is -2.95. The van der Waals surface area contributed by atoms with Crippen molar-refractivity contribution < 1.29 is 14.4 Å². The molecule has 0 aromatic heterocycles. The molecule has 0 aliphatic heterocycles. The average Bonchev–Trinajstić information content (AvgIpc) is 2.68. The van der Waals surface area contributed by atoms with Crippen LogP contribution in [0.25, 0.3) is 0 Å². The fourth-order valence-corrected chi connectivity index (χ4v) is 3.49. The Morgan fingerprint density at radius 1 is 0.778 bits per heavy atom. The third-order valence-electron chi connectivity index (χ3n) is 4.37. The molecule has 27 heavy (non-hydrogen) atoms. The number of benzene rings is 3. The number of ketones is 2. The predicted octanol–water partition coefficient (Wildman–Crippen LogP) is 5.02. The van der Waals surface area contributed by atoms with Gasteiger partial charge in [-0.05, 0) is 24.3 Å². The van der Waals surface area contributed by atoms with Gasteiger partial charge < -0.3 is 5.32 Å². The molecule has 1 aliphatic carbocycles. The molecule has 0 spiro atoms. The lowest BCUT2D eigenvalue weighted by molar-refractivity contribution is 0.0978. The van der Waals surface area contributed by atoms with Crippen molar-refractivity contribution in [3.63, 3.8) is 0 Å². The molecule has 3 aromatic carbocycles. The van der Waals surface area contributed by atoms with Crippen LogP contribution in [0.2, 0.25) is 10.0 Å². The van der Waals surface area contributed by atoms with Crippen LogP contribution in [0, 0.1) is 0 Å². The van der Waals surface area contributed by atoms with Gasteiger partial charge in [-0.2, -0.15) is 0 Å². The van der Waals surface area contributed by atoms with Gasteiger partial charge in [-0.15, -0.1) is 0 Å². The minimum absolute atomic E-state index is 0.174. The second kappa shape index (κ2) is 6.65. The highest BCUT2D eigenvalue weighted by Crippen LogP contribution is 2.32. The molecule has 0 radical (unpaired) electrons. The van der Waals surface area contributed by atoms with Crippen molar-refractivity contribution >= 4 is 46.4 Å². The summed E-state index contributed by atoms with van der Waals surface area (Å²) >= 11 is 12.0. The molecule has 0 saturated carbocycles. The van der Waals surface area contributed by atoms with Crippen LogP contribution in [0.3, 0.4) is 0 Å². The fraction of sp³-hybridized carbons (Fsp3) is 0. The minimum Gasteiger partial charge on any atom is -0.321 e. The van der Waals surface area contributed by atoms with Crippen LogP contribution >= 0.6 is 23.2 Å². The van der Waals surface area contributed by atoms with Gasteiger partial charge in [0.05, 0.1) is 21.8 Å². The van der Waals surface area contributed by atoms with Gasteiger partial charge in [-0.3, -0.25) is 14.4 Å². The standard InChI is InChI=1S/C21H11Cl2NO3/c22-11-8-9-16(23)15(10-11)21(27)24-17-7-3-6-14-18(17)20(26)13-5-2-1-4-12(13)19(14)25/h1-10H,(H,24,27). The number of amides is 1. The summed E-state index contributed by atoms with van der Waals surface area (Å²) in [5, 5.41) is 3.27. The van der Waals surface area contributed by atoms with E-state index in [1.54, 1.807) is 48.5 Å². The van der Waals surface area contributed by atoms with Crippen LogP contribution in [-0.2, 0) is 0 Å². The smallest absolute Gasteiger partial charge is 0.257 e. The lowest BCUT2D eigenvalue weighted by atomic mass is 9.83. The van der Waals surface area contributed by atoms with Crippen molar-refractivity contribution in [3.05, 3.63) is 98.5 Å². The molecule has 4 rings (SSSR count). The van der Waals surface area contributed by atoms with Gasteiger partial charge in [-0.1, -0.05) is 59.6 Å². The number of hydrogen-bond acceptors (Lipinski definition) is 3.